The fourth-order valence-corrected chi connectivity index (χ4v) is 3.86. The first-order chi connectivity index (χ1) is 16.0. The van der Waals surface area contributed by atoms with Crippen LogP contribution < -0.4 is 21.3 Å². The van der Waals surface area contributed by atoms with E-state index in [4.69, 9.17) is 9.47 Å². The average Bonchev–Trinajstić information content (AvgIpc) is 2.71. The van der Waals surface area contributed by atoms with E-state index >= 15 is 0 Å². The van der Waals surface area contributed by atoms with Gasteiger partial charge in [-0.25, -0.2) is 19.2 Å². The summed E-state index contributed by atoms with van der Waals surface area (Å²) in [4.78, 5) is 49.7. The zero-order valence-corrected chi connectivity index (χ0v) is 20.1. The third-order valence-corrected chi connectivity index (χ3v) is 5.27. The molecule has 0 radical (unpaired) electrons. The van der Waals surface area contributed by atoms with Crippen LogP contribution in [-0.2, 0) is 19.1 Å². The predicted octanol–water partition coefficient (Wildman–Crippen LogP) is 2.85. The molecule has 4 N–H and O–H groups in total. The standard InChI is InChI=1S/C24H30N4O6/c1-11(2)33-21(29)17-13(5)25-23(31)27-19(17)15-7-9-16(10-8-15)20-18(22(30)34-12(3)4)14(6)26-24(32)28-20/h7-12,19-20H,1-6H3,(H2,25,27,31)(H2,26,28,32)/t19-,20-/m0/s1. The number of urea groups is 2. The Hall–Kier alpha value is -3.82. The Morgan fingerprint density at radius 2 is 1.03 bits per heavy atom. The highest BCUT2D eigenvalue weighted by Gasteiger charge is 2.35. The molecule has 2 atom stereocenters. The Labute approximate surface area is 198 Å². The molecule has 3 rings (SSSR count). The number of ether oxygens (including phenoxy) is 2. The highest BCUT2D eigenvalue weighted by atomic mass is 16.5. The Kier molecular flexibility index (Phi) is 7.29. The maximum atomic E-state index is 12.7. The fourth-order valence-electron chi connectivity index (χ4n) is 3.86. The summed E-state index contributed by atoms with van der Waals surface area (Å²) in [7, 11) is 0. The Bertz CT molecular complexity index is 986. The van der Waals surface area contributed by atoms with Crippen molar-refractivity contribution in [2.24, 2.45) is 0 Å². The van der Waals surface area contributed by atoms with Gasteiger partial charge in [-0.3, -0.25) is 0 Å². The van der Waals surface area contributed by atoms with Crippen molar-refractivity contribution in [3.05, 3.63) is 57.9 Å². The molecule has 0 bridgehead atoms. The first kappa shape index (κ1) is 24.8. The highest BCUT2D eigenvalue weighted by molar-refractivity contribution is 5.96. The zero-order valence-electron chi connectivity index (χ0n) is 20.1. The van der Waals surface area contributed by atoms with Crippen LogP contribution in [0.3, 0.4) is 0 Å². The Morgan fingerprint density at radius 1 is 0.706 bits per heavy atom. The molecule has 2 aliphatic heterocycles. The Morgan fingerprint density at radius 3 is 1.32 bits per heavy atom. The lowest BCUT2D eigenvalue weighted by Crippen LogP contribution is -2.46. The van der Waals surface area contributed by atoms with Crippen LogP contribution in [0.4, 0.5) is 9.59 Å². The zero-order chi connectivity index (χ0) is 25.2. The van der Waals surface area contributed by atoms with Gasteiger partial charge < -0.3 is 30.7 Å². The van der Waals surface area contributed by atoms with E-state index in [0.717, 1.165) is 0 Å². The van der Waals surface area contributed by atoms with Crippen molar-refractivity contribution in [3.63, 3.8) is 0 Å². The van der Waals surface area contributed by atoms with Crippen molar-refractivity contribution < 1.29 is 28.7 Å². The number of hydrogen-bond donors (Lipinski definition) is 4. The smallest absolute Gasteiger partial charge is 0.338 e. The quantitative estimate of drug-likeness (QED) is 0.472. The summed E-state index contributed by atoms with van der Waals surface area (Å²) in [6.45, 7) is 10.3. The van der Waals surface area contributed by atoms with Crippen LogP contribution >= 0.6 is 0 Å². The van der Waals surface area contributed by atoms with E-state index in [-0.39, 0.29) is 12.2 Å². The summed E-state index contributed by atoms with van der Waals surface area (Å²) in [5.74, 6) is -1.06. The van der Waals surface area contributed by atoms with Crippen molar-refractivity contribution in [1.29, 1.82) is 0 Å². The van der Waals surface area contributed by atoms with Gasteiger partial charge in [0.1, 0.15) is 0 Å². The van der Waals surface area contributed by atoms with Gasteiger partial charge in [0.2, 0.25) is 0 Å². The van der Waals surface area contributed by atoms with E-state index in [0.29, 0.717) is 33.7 Å². The average molecular weight is 471 g/mol. The summed E-state index contributed by atoms with van der Waals surface area (Å²) < 4.78 is 10.7. The molecule has 1 aromatic carbocycles. The Balaban J connectivity index is 1.95. The van der Waals surface area contributed by atoms with Crippen molar-refractivity contribution in [2.75, 3.05) is 0 Å². The number of carbonyl (C=O) groups excluding carboxylic acids is 4. The van der Waals surface area contributed by atoms with Crippen molar-refractivity contribution in [2.45, 2.75) is 65.8 Å². The van der Waals surface area contributed by atoms with Crippen molar-refractivity contribution in [1.82, 2.24) is 21.3 Å². The van der Waals surface area contributed by atoms with Crippen molar-refractivity contribution in [3.8, 4) is 0 Å². The van der Waals surface area contributed by atoms with Crippen molar-refractivity contribution >= 4 is 24.0 Å². The first-order valence-electron chi connectivity index (χ1n) is 11.1. The topological polar surface area (TPSA) is 135 Å². The van der Waals surface area contributed by atoms with Crippen LogP contribution in [0.15, 0.2) is 46.8 Å². The van der Waals surface area contributed by atoms with Crippen LogP contribution in [0.2, 0.25) is 0 Å². The summed E-state index contributed by atoms with van der Waals surface area (Å²) in [5.41, 5.74) is 2.70. The first-order valence-corrected chi connectivity index (χ1v) is 11.1. The number of rotatable bonds is 6. The molecular weight excluding hydrogens is 440 g/mol. The van der Waals surface area contributed by atoms with Crippen LogP contribution in [0.25, 0.3) is 0 Å². The third-order valence-electron chi connectivity index (χ3n) is 5.27. The van der Waals surface area contributed by atoms with Crippen LogP contribution in [-0.4, -0.2) is 36.2 Å². The normalized spacial score (nSPS) is 20.5. The van der Waals surface area contributed by atoms with Gasteiger partial charge in [0.25, 0.3) is 0 Å². The molecule has 0 spiro atoms. The minimum atomic E-state index is -0.723. The van der Waals surface area contributed by atoms with E-state index in [1.807, 2.05) is 0 Å². The molecule has 2 heterocycles. The molecule has 0 fully saturated rings. The van der Waals surface area contributed by atoms with E-state index in [2.05, 4.69) is 21.3 Å². The molecule has 0 saturated carbocycles. The lowest BCUT2D eigenvalue weighted by atomic mass is 9.91. The monoisotopic (exact) mass is 470 g/mol. The molecule has 10 heteroatoms. The number of nitrogens with one attached hydrogen (secondary N) is 4. The second kappa shape index (κ2) is 9.98. The summed E-state index contributed by atoms with van der Waals surface area (Å²) in [6, 6.07) is 4.62. The summed E-state index contributed by atoms with van der Waals surface area (Å²) >= 11 is 0. The van der Waals surface area contributed by atoms with Crippen LogP contribution in [0.5, 0.6) is 0 Å². The SMILES string of the molecule is CC1=C(C(=O)OC(C)C)[C@H](c2ccc([C@@H]3NC(=O)NC(C)=C3C(=O)OC(C)C)cc2)NC(=O)N1. The number of benzene rings is 1. The van der Waals surface area contributed by atoms with Gasteiger partial charge in [0.05, 0.1) is 35.4 Å². The lowest BCUT2D eigenvalue weighted by Gasteiger charge is -2.30. The number of hydrogen-bond acceptors (Lipinski definition) is 6. The maximum Gasteiger partial charge on any atom is 0.338 e. The highest BCUT2D eigenvalue weighted by Crippen LogP contribution is 2.32. The number of allylic oxidation sites excluding steroid dienone is 2. The van der Waals surface area contributed by atoms with Gasteiger partial charge in [-0.1, -0.05) is 24.3 Å². The van der Waals surface area contributed by atoms with Gasteiger partial charge in [-0.05, 0) is 52.7 Å². The minimum Gasteiger partial charge on any atom is -0.459 e. The van der Waals surface area contributed by atoms with Gasteiger partial charge in [0.15, 0.2) is 0 Å². The molecule has 0 aromatic heterocycles. The van der Waals surface area contributed by atoms with E-state index in [1.165, 1.54) is 0 Å². The second-order valence-electron chi connectivity index (χ2n) is 8.72. The van der Waals surface area contributed by atoms with Gasteiger partial charge in [-0.2, -0.15) is 0 Å². The molecule has 4 amide bonds. The summed E-state index contributed by atoms with van der Waals surface area (Å²) in [5, 5.41) is 10.7. The molecule has 34 heavy (non-hydrogen) atoms. The third kappa shape index (κ3) is 5.38. The summed E-state index contributed by atoms with van der Waals surface area (Å²) in [6.07, 6.45) is -0.646. The van der Waals surface area contributed by atoms with Crippen LogP contribution in [0.1, 0.15) is 64.8 Å². The maximum absolute atomic E-state index is 12.7. The number of carbonyl (C=O) groups is 4. The lowest BCUT2D eigenvalue weighted by molar-refractivity contribution is -0.144. The molecule has 1 aromatic rings. The van der Waals surface area contributed by atoms with E-state index in [1.54, 1.807) is 65.8 Å². The number of esters is 2. The molecule has 0 unspecified atom stereocenters. The van der Waals surface area contributed by atoms with Crippen LogP contribution in [0, 0.1) is 0 Å². The largest absolute Gasteiger partial charge is 0.459 e. The van der Waals surface area contributed by atoms with Gasteiger partial charge in [-0.15, -0.1) is 0 Å². The molecule has 2 aliphatic rings. The second-order valence-corrected chi connectivity index (χ2v) is 8.72. The minimum absolute atomic E-state index is 0.299. The molecular formula is C24H30N4O6. The molecule has 10 nitrogen and oxygen atoms in total. The van der Waals surface area contributed by atoms with Gasteiger partial charge >= 0.3 is 24.0 Å². The van der Waals surface area contributed by atoms with E-state index in [9.17, 15) is 19.2 Å². The molecule has 0 aliphatic carbocycles. The van der Waals surface area contributed by atoms with E-state index < -0.39 is 36.1 Å². The van der Waals surface area contributed by atoms with Gasteiger partial charge in [0, 0.05) is 11.4 Å². The number of amides is 4. The molecule has 182 valence electrons. The fraction of sp³-hybridized carbons (Fsp3) is 0.417. The molecule has 0 saturated heterocycles. The predicted molar refractivity (Wildman–Crippen MR) is 123 cm³/mol.